The van der Waals surface area contributed by atoms with E-state index in [9.17, 15) is 5.11 Å². The molecule has 1 aromatic carbocycles. The number of hydrogen-bond donors (Lipinski definition) is 1. The quantitative estimate of drug-likeness (QED) is 0.861. The highest BCUT2D eigenvalue weighted by atomic mass is 79.9. The Morgan fingerprint density at radius 2 is 2.26 bits per heavy atom. The molecule has 2 aliphatic heterocycles. The zero-order valence-corrected chi connectivity index (χ0v) is 13.0. The van der Waals surface area contributed by atoms with Crippen molar-refractivity contribution in [1.82, 2.24) is 4.90 Å². The number of rotatable bonds is 1. The van der Waals surface area contributed by atoms with Crippen LogP contribution in [0.3, 0.4) is 0 Å². The molecule has 1 N–H and O–H groups in total. The van der Waals surface area contributed by atoms with Crippen LogP contribution in [-0.2, 0) is 0 Å². The Morgan fingerprint density at radius 1 is 1.47 bits per heavy atom. The summed E-state index contributed by atoms with van der Waals surface area (Å²) in [4.78, 5) is 2.43. The number of likely N-dealkylation sites (tertiary alicyclic amines) is 1. The van der Waals surface area contributed by atoms with Crippen molar-refractivity contribution in [2.24, 2.45) is 0 Å². The highest BCUT2D eigenvalue weighted by Crippen LogP contribution is 2.44. The second kappa shape index (κ2) is 4.76. The summed E-state index contributed by atoms with van der Waals surface area (Å²) < 4.78 is 7.25. The molecule has 19 heavy (non-hydrogen) atoms. The molecule has 0 amide bonds. The SMILES string of the molecule is CC(C)N1CCC2(CC(O)c3cc(Br)ccc3O2)C1. The third-order valence-corrected chi connectivity index (χ3v) is 4.79. The van der Waals surface area contributed by atoms with Crippen molar-refractivity contribution in [3.63, 3.8) is 0 Å². The van der Waals surface area contributed by atoms with Gasteiger partial charge < -0.3 is 9.84 Å². The first-order chi connectivity index (χ1) is 8.99. The molecule has 0 bridgehead atoms. The van der Waals surface area contributed by atoms with Gasteiger partial charge in [0, 0.05) is 42.0 Å². The van der Waals surface area contributed by atoms with Crippen LogP contribution in [0.25, 0.3) is 0 Å². The van der Waals surface area contributed by atoms with Crippen molar-refractivity contribution < 1.29 is 9.84 Å². The van der Waals surface area contributed by atoms with Gasteiger partial charge in [0.25, 0.3) is 0 Å². The monoisotopic (exact) mass is 325 g/mol. The third-order valence-electron chi connectivity index (χ3n) is 4.30. The molecule has 1 aromatic rings. The molecule has 0 aliphatic carbocycles. The molecule has 0 radical (unpaired) electrons. The number of aliphatic hydroxyl groups excluding tert-OH is 1. The molecular formula is C15H20BrNO2. The van der Waals surface area contributed by atoms with Crippen LogP contribution in [-0.4, -0.2) is 34.7 Å². The lowest BCUT2D eigenvalue weighted by atomic mass is 9.88. The van der Waals surface area contributed by atoms with Crippen LogP contribution in [0.15, 0.2) is 22.7 Å². The summed E-state index contributed by atoms with van der Waals surface area (Å²) in [6.45, 7) is 6.39. The van der Waals surface area contributed by atoms with Crippen molar-refractivity contribution in [2.45, 2.75) is 44.4 Å². The number of nitrogens with zero attached hydrogens (tertiary/aromatic N) is 1. The van der Waals surface area contributed by atoms with Gasteiger partial charge in [0.05, 0.1) is 6.10 Å². The number of halogens is 1. The second-order valence-electron chi connectivity index (χ2n) is 6.00. The Kier molecular flexibility index (Phi) is 3.36. The smallest absolute Gasteiger partial charge is 0.126 e. The first-order valence-corrected chi connectivity index (χ1v) is 7.69. The van der Waals surface area contributed by atoms with E-state index in [1.807, 2.05) is 18.2 Å². The summed E-state index contributed by atoms with van der Waals surface area (Å²) in [5, 5.41) is 10.4. The van der Waals surface area contributed by atoms with Gasteiger partial charge in [0.1, 0.15) is 11.4 Å². The van der Waals surface area contributed by atoms with E-state index < -0.39 is 6.10 Å². The van der Waals surface area contributed by atoms with Gasteiger partial charge >= 0.3 is 0 Å². The lowest BCUT2D eigenvalue weighted by Crippen LogP contribution is -2.44. The topological polar surface area (TPSA) is 32.7 Å². The summed E-state index contributed by atoms with van der Waals surface area (Å²) in [6, 6.07) is 6.43. The first-order valence-electron chi connectivity index (χ1n) is 6.90. The van der Waals surface area contributed by atoms with Crippen molar-refractivity contribution in [3.05, 3.63) is 28.2 Å². The van der Waals surface area contributed by atoms with Crippen LogP contribution < -0.4 is 4.74 Å². The molecule has 3 nitrogen and oxygen atoms in total. The minimum absolute atomic E-state index is 0.204. The molecule has 2 aliphatic rings. The van der Waals surface area contributed by atoms with E-state index in [-0.39, 0.29) is 5.60 Å². The van der Waals surface area contributed by atoms with Crippen LogP contribution in [0.2, 0.25) is 0 Å². The number of benzene rings is 1. The minimum Gasteiger partial charge on any atom is -0.485 e. The lowest BCUT2D eigenvalue weighted by Gasteiger charge is -2.38. The maximum Gasteiger partial charge on any atom is 0.126 e. The van der Waals surface area contributed by atoms with Gasteiger partial charge in [0.2, 0.25) is 0 Å². The Morgan fingerprint density at radius 3 is 2.95 bits per heavy atom. The zero-order valence-electron chi connectivity index (χ0n) is 11.4. The van der Waals surface area contributed by atoms with Crippen LogP contribution >= 0.6 is 15.9 Å². The Bertz CT molecular complexity index is 491. The fourth-order valence-electron chi connectivity index (χ4n) is 3.18. The van der Waals surface area contributed by atoms with Crippen molar-refractivity contribution in [2.75, 3.05) is 13.1 Å². The fourth-order valence-corrected chi connectivity index (χ4v) is 3.56. The molecule has 104 valence electrons. The lowest BCUT2D eigenvalue weighted by molar-refractivity contribution is -0.00892. The van der Waals surface area contributed by atoms with Gasteiger partial charge in [-0.05, 0) is 32.0 Å². The van der Waals surface area contributed by atoms with E-state index >= 15 is 0 Å². The van der Waals surface area contributed by atoms with Crippen LogP contribution in [0.4, 0.5) is 0 Å². The van der Waals surface area contributed by atoms with Gasteiger partial charge in [-0.15, -0.1) is 0 Å². The minimum atomic E-state index is -0.423. The molecule has 1 fully saturated rings. The molecule has 1 spiro atoms. The van der Waals surface area contributed by atoms with Gasteiger partial charge in [-0.3, -0.25) is 4.90 Å². The van der Waals surface area contributed by atoms with Gasteiger partial charge in [-0.25, -0.2) is 0 Å². The Balaban J connectivity index is 1.87. The maximum absolute atomic E-state index is 10.4. The van der Waals surface area contributed by atoms with Gasteiger partial charge in [0.15, 0.2) is 0 Å². The average molecular weight is 326 g/mol. The highest BCUT2D eigenvalue weighted by molar-refractivity contribution is 9.10. The summed E-state index contributed by atoms with van der Waals surface area (Å²) in [5.74, 6) is 0.840. The van der Waals surface area contributed by atoms with Crippen molar-refractivity contribution in [3.8, 4) is 5.75 Å². The molecular weight excluding hydrogens is 306 g/mol. The summed E-state index contributed by atoms with van der Waals surface area (Å²) in [5.41, 5.74) is 0.702. The van der Waals surface area contributed by atoms with Crippen LogP contribution in [0.1, 0.15) is 38.4 Å². The third kappa shape index (κ3) is 2.41. The van der Waals surface area contributed by atoms with E-state index in [1.54, 1.807) is 0 Å². The van der Waals surface area contributed by atoms with E-state index in [0.29, 0.717) is 12.5 Å². The summed E-state index contributed by atoms with van der Waals surface area (Å²) in [6.07, 6.45) is 1.27. The van der Waals surface area contributed by atoms with Crippen LogP contribution in [0.5, 0.6) is 5.75 Å². The normalized spacial score (nSPS) is 30.7. The number of fused-ring (bicyclic) bond motifs is 1. The standard InChI is InChI=1S/C15H20BrNO2/c1-10(2)17-6-5-15(9-17)8-13(18)12-7-11(16)3-4-14(12)19-15/h3-4,7,10,13,18H,5-6,8-9H2,1-2H3. The Hall–Kier alpha value is -0.580. The number of ether oxygens (including phenoxy) is 1. The highest BCUT2D eigenvalue weighted by Gasteiger charge is 2.46. The van der Waals surface area contributed by atoms with E-state index in [1.165, 1.54) is 0 Å². The zero-order chi connectivity index (χ0) is 13.6. The molecule has 1 saturated heterocycles. The van der Waals surface area contributed by atoms with Crippen molar-refractivity contribution in [1.29, 1.82) is 0 Å². The second-order valence-corrected chi connectivity index (χ2v) is 6.92. The summed E-state index contributed by atoms with van der Waals surface area (Å²) in [7, 11) is 0. The van der Waals surface area contributed by atoms with Gasteiger partial charge in [-0.2, -0.15) is 0 Å². The first kappa shape index (κ1) is 13.4. The molecule has 2 atom stereocenters. The molecule has 0 saturated carbocycles. The van der Waals surface area contributed by atoms with Gasteiger partial charge in [-0.1, -0.05) is 15.9 Å². The molecule has 4 heteroatoms. The molecule has 2 heterocycles. The number of hydrogen-bond acceptors (Lipinski definition) is 3. The average Bonchev–Trinajstić information content (AvgIpc) is 2.74. The molecule has 3 rings (SSSR count). The predicted octanol–water partition coefficient (Wildman–Crippen LogP) is 3.12. The largest absolute Gasteiger partial charge is 0.485 e. The van der Waals surface area contributed by atoms with Crippen molar-refractivity contribution >= 4 is 15.9 Å². The summed E-state index contributed by atoms with van der Waals surface area (Å²) >= 11 is 3.45. The molecule has 0 aromatic heterocycles. The van der Waals surface area contributed by atoms with E-state index in [4.69, 9.17) is 4.74 Å². The fraction of sp³-hybridized carbons (Fsp3) is 0.600. The number of aliphatic hydroxyl groups is 1. The molecule has 2 unspecified atom stereocenters. The van der Waals surface area contributed by atoms with E-state index in [2.05, 4.69) is 34.7 Å². The van der Waals surface area contributed by atoms with Crippen LogP contribution in [0, 0.1) is 0 Å². The van der Waals surface area contributed by atoms with E-state index in [0.717, 1.165) is 35.3 Å². The maximum atomic E-state index is 10.4. The predicted molar refractivity (Wildman–Crippen MR) is 78.4 cm³/mol. The Labute approximate surface area is 122 Å².